The molecule has 0 aromatic carbocycles. The van der Waals surface area contributed by atoms with Gasteiger partial charge in [-0.2, -0.15) is 0 Å². The normalized spacial score (nSPS) is 22.9. The number of nitrogens with one attached hydrogen (secondary N) is 1. The Kier molecular flexibility index (Phi) is 5.73. The van der Waals surface area contributed by atoms with Crippen LogP contribution in [0, 0.1) is 5.92 Å². The summed E-state index contributed by atoms with van der Waals surface area (Å²) in [7, 11) is 1.79. The number of nitrogens with zero attached hydrogens (tertiary/aromatic N) is 1. The van der Waals surface area contributed by atoms with Crippen molar-refractivity contribution in [1.29, 1.82) is 0 Å². The summed E-state index contributed by atoms with van der Waals surface area (Å²) < 4.78 is 5.30. The van der Waals surface area contributed by atoms with Crippen LogP contribution in [0.5, 0.6) is 0 Å². The molecule has 1 N–H and O–H groups in total. The fourth-order valence-electron chi connectivity index (χ4n) is 2.48. The van der Waals surface area contributed by atoms with Crippen molar-refractivity contribution in [2.45, 2.75) is 39.2 Å². The van der Waals surface area contributed by atoms with Gasteiger partial charge >= 0.3 is 0 Å². The van der Waals surface area contributed by atoms with Gasteiger partial charge in [0.1, 0.15) is 0 Å². The first-order valence-corrected chi connectivity index (χ1v) is 6.55. The molecule has 1 atom stereocenters. The molecule has 3 heteroatoms. The zero-order valence-electron chi connectivity index (χ0n) is 11.4. The minimum atomic E-state index is 0.189. The molecule has 1 rings (SSSR count). The molecule has 0 aromatic heterocycles. The van der Waals surface area contributed by atoms with E-state index in [1.54, 1.807) is 7.11 Å². The van der Waals surface area contributed by atoms with Gasteiger partial charge in [0.05, 0.1) is 6.61 Å². The van der Waals surface area contributed by atoms with E-state index < -0.39 is 0 Å². The van der Waals surface area contributed by atoms with E-state index in [4.69, 9.17) is 4.74 Å². The minimum Gasteiger partial charge on any atom is -0.383 e. The summed E-state index contributed by atoms with van der Waals surface area (Å²) in [4.78, 5) is 2.56. The van der Waals surface area contributed by atoms with Gasteiger partial charge in [-0.15, -0.1) is 0 Å². The van der Waals surface area contributed by atoms with Gasteiger partial charge in [0.25, 0.3) is 0 Å². The van der Waals surface area contributed by atoms with Crippen molar-refractivity contribution in [3.8, 4) is 0 Å². The third-order valence-corrected chi connectivity index (χ3v) is 3.50. The highest BCUT2D eigenvalue weighted by Crippen LogP contribution is 2.24. The maximum atomic E-state index is 5.30. The molecule has 1 heterocycles. The van der Waals surface area contributed by atoms with Crippen LogP contribution in [0.15, 0.2) is 0 Å². The number of likely N-dealkylation sites (tertiary alicyclic amines) is 1. The monoisotopic (exact) mass is 228 g/mol. The molecule has 0 spiro atoms. The van der Waals surface area contributed by atoms with E-state index in [1.165, 1.54) is 32.5 Å². The maximum absolute atomic E-state index is 5.30. The predicted molar refractivity (Wildman–Crippen MR) is 68.8 cm³/mol. The van der Waals surface area contributed by atoms with Gasteiger partial charge in [0.15, 0.2) is 0 Å². The fraction of sp³-hybridized carbons (Fsp3) is 1.00. The molecular weight excluding hydrogens is 200 g/mol. The van der Waals surface area contributed by atoms with Crippen molar-refractivity contribution in [2.24, 2.45) is 5.92 Å². The second-order valence-corrected chi connectivity index (χ2v) is 5.55. The first-order valence-electron chi connectivity index (χ1n) is 6.55. The van der Waals surface area contributed by atoms with E-state index >= 15 is 0 Å². The molecule has 16 heavy (non-hydrogen) atoms. The van der Waals surface area contributed by atoms with Gasteiger partial charge < -0.3 is 10.1 Å². The molecule has 0 saturated carbocycles. The Labute approximate surface area is 101 Å². The summed E-state index contributed by atoms with van der Waals surface area (Å²) in [6, 6.07) is 0. The number of ether oxygens (including phenoxy) is 1. The van der Waals surface area contributed by atoms with Crippen LogP contribution in [0.25, 0.3) is 0 Å². The van der Waals surface area contributed by atoms with Gasteiger partial charge in [0, 0.05) is 19.2 Å². The van der Waals surface area contributed by atoms with Gasteiger partial charge in [0.2, 0.25) is 0 Å². The molecule has 1 unspecified atom stereocenters. The van der Waals surface area contributed by atoms with Crippen LogP contribution in [-0.2, 0) is 4.74 Å². The second kappa shape index (κ2) is 6.58. The Hall–Kier alpha value is -0.120. The van der Waals surface area contributed by atoms with E-state index in [1.807, 2.05) is 0 Å². The van der Waals surface area contributed by atoms with Gasteiger partial charge in [-0.3, -0.25) is 4.90 Å². The highest BCUT2D eigenvalue weighted by Gasteiger charge is 2.33. The lowest BCUT2D eigenvalue weighted by atomic mass is 10.0. The molecule has 0 aromatic rings. The van der Waals surface area contributed by atoms with E-state index in [-0.39, 0.29) is 5.54 Å². The highest BCUT2D eigenvalue weighted by molar-refractivity contribution is 4.88. The van der Waals surface area contributed by atoms with Crippen molar-refractivity contribution < 1.29 is 4.74 Å². The van der Waals surface area contributed by atoms with Crippen LogP contribution in [0.3, 0.4) is 0 Å². The lowest BCUT2D eigenvalue weighted by Crippen LogP contribution is -2.46. The zero-order chi connectivity index (χ0) is 12.0. The molecule has 1 aliphatic heterocycles. The summed E-state index contributed by atoms with van der Waals surface area (Å²) in [6.07, 6.45) is 2.55. The van der Waals surface area contributed by atoms with Gasteiger partial charge in [-0.05, 0) is 52.2 Å². The molecule has 1 aliphatic rings. The third kappa shape index (κ3) is 4.04. The number of hydrogen-bond acceptors (Lipinski definition) is 3. The summed E-state index contributed by atoms with van der Waals surface area (Å²) in [5, 5.41) is 3.52. The van der Waals surface area contributed by atoms with Gasteiger partial charge in [-0.25, -0.2) is 0 Å². The molecule has 0 amide bonds. The van der Waals surface area contributed by atoms with E-state index in [2.05, 4.69) is 31.0 Å². The van der Waals surface area contributed by atoms with Crippen molar-refractivity contribution in [3.63, 3.8) is 0 Å². The second-order valence-electron chi connectivity index (χ2n) is 5.55. The van der Waals surface area contributed by atoms with E-state index in [0.29, 0.717) is 0 Å². The summed E-state index contributed by atoms with van der Waals surface area (Å²) >= 11 is 0. The van der Waals surface area contributed by atoms with Crippen LogP contribution in [0.4, 0.5) is 0 Å². The van der Waals surface area contributed by atoms with E-state index in [9.17, 15) is 0 Å². The Morgan fingerprint density at radius 1 is 1.44 bits per heavy atom. The standard InChI is InChI=1S/C13H28N2O/c1-5-7-14-9-12-6-8-15(10-12)13(2,3)11-16-4/h12,14H,5-11H2,1-4H3. The largest absolute Gasteiger partial charge is 0.383 e. The van der Waals surface area contributed by atoms with Crippen molar-refractivity contribution in [3.05, 3.63) is 0 Å². The Morgan fingerprint density at radius 2 is 2.19 bits per heavy atom. The Balaban J connectivity index is 2.28. The summed E-state index contributed by atoms with van der Waals surface area (Å²) in [5.41, 5.74) is 0.189. The van der Waals surface area contributed by atoms with Crippen LogP contribution < -0.4 is 5.32 Å². The SMILES string of the molecule is CCCNCC1CCN(C(C)(C)COC)C1. The van der Waals surface area contributed by atoms with Crippen LogP contribution in [0.2, 0.25) is 0 Å². The molecule has 96 valence electrons. The average molecular weight is 228 g/mol. The van der Waals surface area contributed by atoms with E-state index in [0.717, 1.165) is 19.1 Å². The zero-order valence-corrected chi connectivity index (χ0v) is 11.4. The maximum Gasteiger partial charge on any atom is 0.0641 e. The smallest absolute Gasteiger partial charge is 0.0641 e. The quantitative estimate of drug-likeness (QED) is 0.672. The first kappa shape index (κ1) is 13.9. The molecule has 0 aliphatic carbocycles. The number of methoxy groups -OCH3 is 1. The fourth-order valence-corrected chi connectivity index (χ4v) is 2.48. The number of hydrogen-bond donors (Lipinski definition) is 1. The number of rotatable bonds is 7. The molecule has 3 nitrogen and oxygen atoms in total. The molecular formula is C13H28N2O. The summed E-state index contributed by atoms with van der Waals surface area (Å²) in [6.45, 7) is 12.3. The summed E-state index contributed by atoms with van der Waals surface area (Å²) in [5.74, 6) is 0.822. The van der Waals surface area contributed by atoms with Crippen LogP contribution in [0.1, 0.15) is 33.6 Å². The van der Waals surface area contributed by atoms with Crippen molar-refractivity contribution >= 4 is 0 Å². The topological polar surface area (TPSA) is 24.5 Å². The first-order chi connectivity index (χ1) is 7.60. The average Bonchev–Trinajstić information content (AvgIpc) is 2.67. The molecule has 0 bridgehead atoms. The molecule has 0 radical (unpaired) electrons. The van der Waals surface area contributed by atoms with Gasteiger partial charge in [-0.1, -0.05) is 6.92 Å². The molecule has 1 fully saturated rings. The van der Waals surface area contributed by atoms with Crippen molar-refractivity contribution in [2.75, 3.05) is 39.9 Å². The van der Waals surface area contributed by atoms with Crippen LogP contribution in [-0.4, -0.2) is 50.3 Å². The minimum absolute atomic E-state index is 0.189. The molecule has 1 saturated heterocycles. The Morgan fingerprint density at radius 3 is 2.81 bits per heavy atom. The third-order valence-electron chi connectivity index (χ3n) is 3.50. The lowest BCUT2D eigenvalue weighted by Gasteiger charge is -2.35. The predicted octanol–water partition coefficient (Wildman–Crippen LogP) is 1.73. The Bertz CT molecular complexity index is 194. The van der Waals surface area contributed by atoms with Crippen molar-refractivity contribution in [1.82, 2.24) is 10.2 Å². The van der Waals surface area contributed by atoms with Crippen LogP contribution >= 0.6 is 0 Å². The highest BCUT2D eigenvalue weighted by atomic mass is 16.5. The lowest BCUT2D eigenvalue weighted by molar-refractivity contribution is 0.0468.